The molecule has 0 bridgehead atoms. The summed E-state index contributed by atoms with van der Waals surface area (Å²) < 4.78 is 43.7. The molecule has 0 fully saturated rings. The molecule has 0 saturated carbocycles. The number of carbonyl (C=O) groups excluding carboxylic acids is 1. The summed E-state index contributed by atoms with van der Waals surface area (Å²) in [5.74, 6) is -3.67. The number of halogens is 1. The first-order valence-electron chi connectivity index (χ1n) is 5.32. The van der Waals surface area contributed by atoms with E-state index in [1.165, 1.54) is 0 Å². The van der Waals surface area contributed by atoms with Gasteiger partial charge in [-0.3, -0.25) is 4.79 Å². The van der Waals surface area contributed by atoms with E-state index in [-0.39, 0.29) is 0 Å². The summed E-state index contributed by atoms with van der Waals surface area (Å²) >= 11 is 0. The zero-order chi connectivity index (χ0) is 15.5. The van der Waals surface area contributed by atoms with Crippen molar-refractivity contribution in [3.05, 3.63) is 29.6 Å². The Kier molecular flexibility index (Phi) is 4.79. The number of hydrogen-bond donors (Lipinski definition) is 2. The summed E-state index contributed by atoms with van der Waals surface area (Å²) in [4.78, 5) is 21.4. The zero-order valence-corrected chi connectivity index (χ0v) is 11.4. The molecule has 0 amide bonds. The van der Waals surface area contributed by atoms with Crippen LogP contribution in [0.5, 0.6) is 0 Å². The number of carboxylic acids is 1. The van der Waals surface area contributed by atoms with Gasteiger partial charge in [-0.2, -0.15) is 4.72 Å². The lowest BCUT2D eigenvalue weighted by atomic mass is 10.2. The minimum absolute atomic E-state index is 0.683. The number of methoxy groups -OCH3 is 1. The molecule has 7 nitrogen and oxygen atoms in total. The van der Waals surface area contributed by atoms with E-state index in [1.54, 1.807) is 0 Å². The summed E-state index contributed by atoms with van der Waals surface area (Å²) in [5.41, 5.74) is -0.778. The Labute approximate surface area is 114 Å². The minimum Gasteiger partial charge on any atom is -0.480 e. The van der Waals surface area contributed by atoms with Crippen LogP contribution in [-0.4, -0.2) is 38.6 Å². The zero-order valence-electron chi connectivity index (χ0n) is 10.6. The number of hydrogen-bond acceptors (Lipinski definition) is 5. The third kappa shape index (κ3) is 3.31. The minimum atomic E-state index is -4.38. The average molecular weight is 305 g/mol. The van der Waals surface area contributed by atoms with E-state index >= 15 is 0 Å². The number of esters is 1. The van der Waals surface area contributed by atoms with Crippen LogP contribution in [0.15, 0.2) is 23.1 Å². The van der Waals surface area contributed by atoms with Crippen LogP contribution in [0.1, 0.15) is 17.3 Å². The number of benzene rings is 1. The van der Waals surface area contributed by atoms with Gasteiger partial charge in [-0.1, -0.05) is 6.07 Å². The van der Waals surface area contributed by atoms with Crippen molar-refractivity contribution >= 4 is 22.0 Å². The molecule has 1 rings (SSSR count). The largest absolute Gasteiger partial charge is 0.480 e. The molecule has 0 radical (unpaired) electrons. The van der Waals surface area contributed by atoms with Gasteiger partial charge in [-0.05, 0) is 19.1 Å². The highest BCUT2D eigenvalue weighted by Crippen LogP contribution is 2.20. The number of sulfonamides is 1. The van der Waals surface area contributed by atoms with E-state index < -0.39 is 44.3 Å². The van der Waals surface area contributed by atoms with Crippen LogP contribution < -0.4 is 4.72 Å². The first-order chi connectivity index (χ1) is 9.20. The molecule has 0 aliphatic heterocycles. The average Bonchev–Trinajstić information content (AvgIpc) is 2.36. The lowest BCUT2D eigenvalue weighted by molar-refractivity contribution is -0.138. The quantitative estimate of drug-likeness (QED) is 0.760. The Balaban J connectivity index is 3.36. The van der Waals surface area contributed by atoms with Gasteiger partial charge in [-0.15, -0.1) is 0 Å². The second kappa shape index (κ2) is 5.97. The fraction of sp³-hybridized carbons (Fsp3) is 0.273. The second-order valence-electron chi connectivity index (χ2n) is 3.79. The SMILES string of the molecule is COC(=O)c1c(F)cccc1S(=O)(=O)N[C@H](C)C(=O)O. The van der Waals surface area contributed by atoms with E-state index in [4.69, 9.17) is 5.11 Å². The molecule has 0 heterocycles. The van der Waals surface area contributed by atoms with Crippen LogP contribution >= 0.6 is 0 Å². The molecule has 110 valence electrons. The van der Waals surface area contributed by atoms with Gasteiger partial charge in [0.1, 0.15) is 17.4 Å². The monoisotopic (exact) mass is 305 g/mol. The molecule has 0 aliphatic carbocycles. The smallest absolute Gasteiger partial charge is 0.342 e. The Hall–Kier alpha value is -2.00. The lowest BCUT2D eigenvalue weighted by Gasteiger charge is -2.13. The highest BCUT2D eigenvalue weighted by atomic mass is 32.2. The van der Waals surface area contributed by atoms with E-state index in [9.17, 15) is 22.4 Å². The summed E-state index contributed by atoms with van der Waals surface area (Å²) in [6, 6.07) is 1.52. The van der Waals surface area contributed by atoms with Gasteiger partial charge in [0, 0.05) is 0 Å². The second-order valence-corrected chi connectivity index (χ2v) is 5.47. The third-order valence-corrected chi connectivity index (χ3v) is 3.94. The van der Waals surface area contributed by atoms with Crippen molar-refractivity contribution in [3.8, 4) is 0 Å². The van der Waals surface area contributed by atoms with E-state index in [0.717, 1.165) is 32.2 Å². The molecule has 0 aromatic heterocycles. The van der Waals surface area contributed by atoms with Gasteiger partial charge in [0.25, 0.3) is 0 Å². The van der Waals surface area contributed by atoms with Gasteiger partial charge in [-0.25, -0.2) is 17.6 Å². The molecule has 0 spiro atoms. The van der Waals surface area contributed by atoms with Crippen molar-refractivity contribution in [3.63, 3.8) is 0 Å². The molecule has 0 unspecified atom stereocenters. The van der Waals surface area contributed by atoms with Gasteiger partial charge >= 0.3 is 11.9 Å². The maximum atomic E-state index is 13.6. The fourth-order valence-corrected chi connectivity index (χ4v) is 2.78. The van der Waals surface area contributed by atoms with Gasteiger partial charge < -0.3 is 9.84 Å². The third-order valence-electron chi connectivity index (χ3n) is 2.36. The Morgan fingerprint density at radius 2 is 2.00 bits per heavy atom. The Bertz CT molecular complexity index is 642. The maximum absolute atomic E-state index is 13.6. The molecule has 20 heavy (non-hydrogen) atoms. The van der Waals surface area contributed by atoms with Crippen LogP contribution in [0.4, 0.5) is 4.39 Å². The highest BCUT2D eigenvalue weighted by Gasteiger charge is 2.28. The molecular weight excluding hydrogens is 293 g/mol. The molecule has 1 atom stereocenters. The number of nitrogens with one attached hydrogen (secondary N) is 1. The Morgan fingerprint density at radius 1 is 1.40 bits per heavy atom. The van der Waals surface area contributed by atoms with Crippen molar-refractivity contribution < 1.29 is 32.2 Å². The van der Waals surface area contributed by atoms with Crippen LogP contribution in [0, 0.1) is 5.82 Å². The summed E-state index contributed by atoms with van der Waals surface area (Å²) in [5, 5.41) is 8.68. The topological polar surface area (TPSA) is 110 Å². The highest BCUT2D eigenvalue weighted by molar-refractivity contribution is 7.89. The predicted octanol–water partition coefficient (Wildman–Crippen LogP) is 0.364. The van der Waals surface area contributed by atoms with Gasteiger partial charge in [0.05, 0.1) is 12.0 Å². The van der Waals surface area contributed by atoms with Crippen molar-refractivity contribution in [2.75, 3.05) is 7.11 Å². The van der Waals surface area contributed by atoms with Crippen LogP contribution in [0.25, 0.3) is 0 Å². The maximum Gasteiger partial charge on any atom is 0.342 e. The number of ether oxygens (including phenoxy) is 1. The molecule has 2 N–H and O–H groups in total. The lowest BCUT2D eigenvalue weighted by Crippen LogP contribution is -2.39. The van der Waals surface area contributed by atoms with E-state index in [0.29, 0.717) is 0 Å². The Morgan fingerprint density at radius 3 is 2.50 bits per heavy atom. The van der Waals surface area contributed by atoms with Crippen LogP contribution in [0.2, 0.25) is 0 Å². The van der Waals surface area contributed by atoms with Crippen LogP contribution in [-0.2, 0) is 19.6 Å². The fourth-order valence-electron chi connectivity index (χ4n) is 1.38. The molecule has 0 aliphatic rings. The first kappa shape index (κ1) is 16.1. The van der Waals surface area contributed by atoms with E-state index in [1.807, 2.05) is 4.72 Å². The van der Waals surface area contributed by atoms with Crippen LogP contribution in [0.3, 0.4) is 0 Å². The summed E-state index contributed by atoms with van der Waals surface area (Å²) in [6.45, 7) is 1.09. The van der Waals surface area contributed by atoms with Crippen molar-refractivity contribution in [1.82, 2.24) is 4.72 Å². The molecule has 1 aromatic carbocycles. The molecule has 1 aromatic rings. The van der Waals surface area contributed by atoms with Crippen molar-refractivity contribution in [2.24, 2.45) is 0 Å². The van der Waals surface area contributed by atoms with Gasteiger partial charge in [0.2, 0.25) is 10.0 Å². The normalized spacial score (nSPS) is 12.8. The molecular formula is C11H12FNO6S. The van der Waals surface area contributed by atoms with Crippen molar-refractivity contribution in [1.29, 1.82) is 0 Å². The number of carbonyl (C=O) groups is 2. The standard InChI is InChI=1S/C11H12FNO6S/c1-6(10(14)15)13-20(17,18)8-5-3-4-7(12)9(8)11(16)19-2/h3-6,13H,1-2H3,(H,14,15)/t6-/m1/s1. The predicted molar refractivity (Wildman–Crippen MR) is 65.2 cm³/mol. The van der Waals surface area contributed by atoms with Gasteiger partial charge in [0.15, 0.2) is 0 Å². The first-order valence-corrected chi connectivity index (χ1v) is 6.81. The summed E-state index contributed by atoms with van der Waals surface area (Å²) in [6.07, 6.45) is 0. The van der Waals surface area contributed by atoms with Crippen molar-refractivity contribution in [2.45, 2.75) is 17.9 Å². The number of carboxylic acid groups (broad SMARTS) is 1. The van der Waals surface area contributed by atoms with E-state index in [2.05, 4.69) is 4.74 Å². The molecule has 0 saturated heterocycles. The summed E-state index contributed by atoms with van der Waals surface area (Å²) in [7, 11) is -3.41. The number of rotatable bonds is 5. The number of aliphatic carboxylic acids is 1. The molecule has 9 heteroatoms.